The molecule has 0 bridgehead atoms. The number of hydrogen-bond donors (Lipinski definition) is 1. The van der Waals surface area contributed by atoms with Crippen LogP contribution in [0, 0.1) is 6.92 Å². The summed E-state index contributed by atoms with van der Waals surface area (Å²) < 4.78 is 1.92. The molecule has 1 heterocycles. The van der Waals surface area contributed by atoms with Gasteiger partial charge in [-0.15, -0.1) is 0 Å². The second-order valence-electron chi connectivity index (χ2n) is 4.41. The van der Waals surface area contributed by atoms with Crippen LogP contribution in [0.2, 0.25) is 0 Å². The van der Waals surface area contributed by atoms with E-state index in [0.717, 1.165) is 23.9 Å². The van der Waals surface area contributed by atoms with Crippen LogP contribution >= 0.6 is 0 Å². The molecule has 78 valence electrons. The first-order valence-corrected chi connectivity index (χ1v) is 5.46. The van der Waals surface area contributed by atoms with Crippen LogP contribution in [-0.2, 0) is 0 Å². The molecule has 3 heteroatoms. The molecule has 1 aromatic carbocycles. The van der Waals surface area contributed by atoms with Crippen LogP contribution in [0.5, 0.6) is 0 Å². The molecule has 0 saturated heterocycles. The summed E-state index contributed by atoms with van der Waals surface area (Å²) in [6, 6.07) is 6.53. The third kappa shape index (κ3) is 1.23. The van der Waals surface area contributed by atoms with Crippen molar-refractivity contribution in [2.24, 2.45) is 0 Å². The van der Waals surface area contributed by atoms with Gasteiger partial charge >= 0.3 is 5.69 Å². The van der Waals surface area contributed by atoms with Crippen molar-refractivity contribution in [1.82, 2.24) is 9.55 Å². The minimum atomic E-state index is 0.0419. The van der Waals surface area contributed by atoms with Crippen molar-refractivity contribution in [2.75, 3.05) is 0 Å². The van der Waals surface area contributed by atoms with Crippen LogP contribution in [0.1, 0.15) is 30.9 Å². The molecular weight excluding hydrogens is 188 g/mol. The van der Waals surface area contributed by atoms with Gasteiger partial charge < -0.3 is 4.98 Å². The number of aryl methyl sites for hydroxylation is 1. The second kappa shape index (κ2) is 2.99. The van der Waals surface area contributed by atoms with Gasteiger partial charge in [-0.3, -0.25) is 4.57 Å². The molecule has 0 amide bonds. The Morgan fingerprint density at radius 1 is 1.40 bits per heavy atom. The predicted octanol–water partition coefficient (Wildman–Crippen LogP) is 2.36. The fourth-order valence-electron chi connectivity index (χ4n) is 2.24. The molecule has 1 N–H and O–H groups in total. The van der Waals surface area contributed by atoms with Crippen LogP contribution in [0.25, 0.3) is 11.0 Å². The molecule has 1 fully saturated rings. The Bertz CT molecular complexity index is 560. The van der Waals surface area contributed by atoms with Crippen LogP contribution in [-0.4, -0.2) is 9.55 Å². The molecule has 0 aliphatic heterocycles. The van der Waals surface area contributed by atoms with Gasteiger partial charge in [0.15, 0.2) is 0 Å². The molecule has 2 aromatic rings. The van der Waals surface area contributed by atoms with Gasteiger partial charge in [-0.05, 0) is 43.9 Å². The lowest BCUT2D eigenvalue weighted by Crippen LogP contribution is -2.26. The fourth-order valence-corrected chi connectivity index (χ4v) is 2.24. The summed E-state index contributed by atoms with van der Waals surface area (Å²) in [5.41, 5.74) is 3.26. The predicted molar refractivity (Wildman–Crippen MR) is 60.2 cm³/mol. The Morgan fingerprint density at radius 2 is 2.20 bits per heavy atom. The van der Waals surface area contributed by atoms with Crippen molar-refractivity contribution < 1.29 is 0 Å². The summed E-state index contributed by atoms with van der Waals surface area (Å²) in [6.45, 7) is 2.06. The Hall–Kier alpha value is -1.51. The van der Waals surface area contributed by atoms with E-state index in [2.05, 4.69) is 18.0 Å². The average molecular weight is 202 g/mol. The molecule has 1 aromatic heterocycles. The monoisotopic (exact) mass is 202 g/mol. The number of H-pyrrole nitrogens is 1. The Balaban J connectivity index is 2.29. The van der Waals surface area contributed by atoms with Crippen LogP contribution in [0.15, 0.2) is 23.0 Å². The zero-order valence-electron chi connectivity index (χ0n) is 8.79. The average Bonchev–Trinajstić information content (AvgIpc) is 2.42. The van der Waals surface area contributed by atoms with E-state index in [0.29, 0.717) is 6.04 Å². The van der Waals surface area contributed by atoms with Gasteiger partial charge in [0.2, 0.25) is 0 Å². The zero-order valence-corrected chi connectivity index (χ0v) is 8.79. The SMILES string of the molecule is Cc1ccc2[nH]c(=O)n(C3CCC3)c2c1. The minimum Gasteiger partial charge on any atom is -0.306 e. The van der Waals surface area contributed by atoms with Crippen molar-refractivity contribution in [3.05, 3.63) is 34.2 Å². The summed E-state index contributed by atoms with van der Waals surface area (Å²) in [6.07, 6.45) is 3.52. The van der Waals surface area contributed by atoms with E-state index >= 15 is 0 Å². The summed E-state index contributed by atoms with van der Waals surface area (Å²) in [7, 11) is 0. The normalized spacial score (nSPS) is 16.9. The summed E-state index contributed by atoms with van der Waals surface area (Å²) in [5, 5.41) is 0. The molecule has 1 aliphatic carbocycles. The highest BCUT2D eigenvalue weighted by molar-refractivity contribution is 5.76. The molecular formula is C12H14N2O. The highest BCUT2D eigenvalue weighted by atomic mass is 16.1. The molecule has 1 saturated carbocycles. The zero-order chi connectivity index (χ0) is 10.4. The first-order valence-electron chi connectivity index (χ1n) is 5.46. The summed E-state index contributed by atoms with van der Waals surface area (Å²) in [5.74, 6) is 0. The van der Waals surface area contributed by atoms with Gasteiger partial charge in [-0.25, -0.2) is 4.79 Å². The van der Waals surface area contributed by atoms with E-state index in [9.17, 15) is 4.79 Å². The number of hydrogen-bond acceptors (Lipinski definition) is 1. The van der Waals surface area contributed by atoms with Gasteiger partial charge in [-0.2, -0.15) is 0 Å². The maximum absolute atomic E-state index is 11.8. The lowest BCUT2D eigenvalue weighted by molar-refractivity contribution is 0.314. The van der Waals surface area contributed by atoms with E-state index in [1.165, 1.54) is 12.0 Å². The van der Waals surface area contributed by atoms with E-state index in [1.807, 2.05) is 16.7 Å². The van der Waals surface area contributed by atoms with Gasteiger partial charge in [0.1, 0.15) is 0 Å². The van der Waals surface area contributed by atoms with E-state index in [4.69, 9.17) is 0 Å². The molecule has 3 nitrogen and oxygen atoms in total. The van der Waals surface area contributed by atoms with Crippen LogP contribution < -0.4 is 5.69 Å². The second-order valence-corrected chi connectivity index (χ2v) is 4.41. The lowest BCUT2D eigenvalue weighted by Gasteiger charge is -2.26. The van der Waals surface area contributed by atoms with Crippen molar-refractivity contribution in [3.8, 4) is 0 Å². The topological polar surface area (TPSA) is 37.8 Å². The number of nitrogens with zero attached hydrogens (tertiary/aromatic N) is 1. The molecule has 0 spiro atoms. The maximum atomic E-state index is 11.8. The van der Waals surface area contributed by atoms with E-state index in [-0.39, 0.29) is 5.69 Å². The smallest absolute Gasteiger partial charge is 0.306 e. The third-order valence-corrected chi connectivity index (χ3v) is 3.31. The van der Waals surface area contributed by atoms with Crippen molar-refractivity contribution in [1.29, 1.82) is 0 Å². The quantitative estimate of drug-likeness (QED) is 0.757. The van der Waals surface area contributed by atoms with E-state index in [1.54, 1.807) is 0 Å². The molecule has 1 aliphatic rings. The van der Waals surface area contributed by atoms with Gasteiger partial charge in [0, 0.05) is 6.04 Å². The number of fused-ring (bicyclic) bond motifs is 1. The number of aromatic amines is 1. The Labute approximate surface area is 87.7 Å². The molecule has 0 atom stereocenters. The van der Waals surface area contributed by atoms with Gasteiger partial charge in [-0.1, -0.05) is 6.07 Å². The van der Waals surface area contributed by atoms with Gasteiger partial charge in [0.05, 0.1) is 11.0 Å². The molecule has 3 rings (SSSR count). The fraction of sp³-hybridized carbons (Fsp3) is 0.417. The Morgan fingerprint density at radius 3 is 2.87 bits per heavy atom. The van der Waals surface area contributed by atoms with Crippen LogP contribution in [0.4, 0.5) is 0 Å². The Kier molecular flexibility index (Phi) is 1.75. The third-order valence-electron chi connectivity index (χ3n) is 3.31. The summed E-state index contributed by atoms with van der Waals surface area (Å²) in [4.78, 5) is 14.7. The molecule has 15 heavy (non-hydrogen) atoms. The minimum absolute atomic E-state index is 0.0419. The van der Waals surface area contributed by atoms with Gasteiger partial charge in [0.25, 0.3) is 0 Å². The summed E-state index contributed by atoms with van der Waals surface area (Å²) >= 11 is 0. The maximum Gasteiger partial charge on any atom is 0.326 e. The standard InChI is InChI=1S/C12H14N2O/c1-8-5-6-10-11(7-8)14(12(15)13-10)9-3-2-4-9/h5-7,9H,2-4H2,1H3,(H,13,15). The number of rotatable bonds is 1. The van der Waals surface area contributed by atoms with Crippen LogP contribution in [0.3, 0.4) is 0 Å². The highest BCUT2D eigenvalue weighted by Crippen LogP contribution is 2.32. The number of benzene rings is 1. The lowest BCUT2D eigenvalue weighted by atomic mass is 9.93. The largest absolute Gasteiger partial charge is 0.326 e. The molecule has 0 unspecified atom stereocenters. The number of imidazole rings is 1. The molecule has 0 radical (unpaired) electrons. The van der Waals surface area contributed by atoms with Crippen molar-refractivity contribution in [3.63, 3.8) is 0 Å². The first-order chi connectivity index (χ1) is 7.25. The first kappa shape index (κ1) is 8.77. The van der Waals surface area contributed by atoms with Crippen molar-refractivity contribution in [2.45, 2.75) is 32.2 Å². The number of aromatic nitrogens is 2. The number of nitrogens with one attached hydrogen (secondary N) is 1. The van der Waals surface area contributed by atoms with E-state index < -0.39 is 0 Å². The van der Waals surface area contributed by atoms with Crippen molar-refractivity contribution >= 4 is 11.0 Å². The highest BCUT2D eigenvalue weighted by Gasteiger charge is 2.23.